The van der Waals surface area contributed by atoms with Gasteiger partial charge in [-0.2, -0.15) is 0 Å². The van der Waals surface area contributed by atoms with Crippen LogP contribution in [-0.2, 0) is 12.8 Å². The lowest BCUT2D eigenvalue weighted by Gasteiger charge is -2.31. The minimum atomic E-state index is -0.664. The van der Waals surface area contributed by atoms with Crippen molar-refractivity contribution in [3.05, 3.63) is 69.5 Å². The molecular formula is C22H25ClN2O2. The Labute approximate surface area is 165 Å². The summed E-state index contributed by atoms with van der Waals surface area (Å²) in [4.78, 5) is 6.99. The lowest BCUT2D eigenvalue weighted by atomic mass is 9.88. The van der Waals surface area contributed by atoms with E-state index in [1.54, 1.807) is 0 Å². The number of fused-ring (bicyclic) bond motifs is 2. The van der Waals surface area contributed by atoms with E-state index in [9.17, 15) is 5.11 Å². The van der Waals surface area contributed by atoms with Gasteiger partial charge in [0.1, 0.15) is 0 Å². The second-order valence-corrected chi connectivity index (χ2v) is 7.86. The minimum absolute atomic E-state index is 0.185. The molecule has 2 aliphatic rings. The molecule has 1 fully saturated rings. The highest BCUT2D eigenvalue weighted by Crippen LogP contribution is 2.38. The molecule has 5 heteroatoms. The molecule has 0 saturated carbocycles. The molecule has 1 aromatic carbocycles. The minimum Gasteiger partial charge on any atom is -0.394 e. The Morgan fingerprint density at radius 1 is 1.07 bits per heavy atom. The van der Waals surface area contributed by atoms with Gasteiger partial charge in [0.05, 0.1) is 18.4 Å². The largest absolute Gasteiger partial charge is 0.394 e. The van der Waals surface area contributed by atoms with Crippen LogP contribution in [0.3, 0.4) is 0 Å². The number of benzene rings is 1. The maximum Gasteiger partial charge on any atom is 0.0897 e. The fourth-order valence-corrected chi connectivity index (χ4v) is 4.44. The van der Waals surface area contributed by atoms with Crippen molar-refractivity contribution in [2.75, 3.05) is 26.2 Å². The first-order chi connectivity index (χ1) is 13.2. The maximum absolute atomic E-state index is 9.72. The lowest BCUT2D eigenvalue weighted by Crippen LogP contribution is -2.38. The van der Waals surface area contributed by atoms with Crippen LogP contribution < -0.4 is 0 Å². The van der Waals surface area contributed by atoms with Gasteiger partial charge < -0.3 is 15.1 Å². The van der Waals surface area contributed by atoms with Crippen molar-refractivity contribution in [1.29, 1.82) is 0 Å². The normalized spacial score (nSPS) is 18.6. The molecule has 142 valence electrons. The summed E-state index contributed by atoms with van der Waals surface area (Å²) >= 11 is 6.27. The number of hydrogen-bond donors (Lipinski definition) is 2. The van der Waals surface area contributed by atoms with Gasteiger partial charge in [0.2, 0.25) is 0 Å². The van der Waals surface area contributed by atoms with Gasteiger partial charge in [-0.05, 0) is 60.6 Å². The molecule has 2 N–H and O–H groups in total. The Hall–Kier alpha value is -1.72. The quantitative estimate of drug-likeness (QED) is 0.853. The van der Waals surface area contributed by atoms with Crippen LogP contribution in [-0.4, -0.2) is 52.4 Å². The van der Waals surface area contributed by atoms with Crippen LogP contribution in [0.2, 0.25) is 5.02 Å². The summed E-state index contributed by atoms with van der Waals surface area (Å²) in [5.41, 5.74) is 7.66. The van der Waals surface area contributed by atoms with E-state index in [0.29, 0.717) is 6.54 Å². The fraction of sp³-hybridized carbons (Fsp3) is 0.409. The average molecular weight is 385 g/mol. The molecule has 1 aromatic heterocycles. The number of pyridine rings is 1. The smallest absolute Gasteiger partial charge is 0.0897 e. The van der Waals surface area contributed by atoms with E-state index in [1.807, 2.05) is 18.3 Å². The van der Waals surface area contributed by atoms with Crippen molar-refractivity contribution in [3.63, 3.8) is 0 Å². The molecule has 1 atom stereocenters. The molecule has 0 radical (unpaired) electrons. The van der Waals surface area contributed by atoms with E-state index in [0.717, 1.165) is 49.5 Å². The number of aryl methyl sites for hydroxylation is 2. The second-order valence-electron chi connectivity index (χ2n) is 7.43. The Balaban J connectivity index is 1.72. The van der Waals surface area contributed by atoms with Crippen molar-refractivity contribution in [1.82, 2.24) is 9.88 Å². The predicted octanol–water partition coefficient (Wildman–Crippen LogP) is 3.08. The molecule has 4 rings (SSSR count). The van der Waals surface area contributed by atoms with Gasteiger partial charge in [-0.15, -0.1) is 0 Å². The molecule has 1 aliphatic heterocycles. The van der Waals surface area contributed by atoms with Crippen molar-refractivity contribution < 1.29 is 10.2 Å². The standard InChI is InChI=1S/C22H25ClN2O2/c23-18-5-6-20-17(12-18)4-3-16-2-1-9-24-22(16)21(20)15-7-10-25(11-8-15)13-19(27)14-26/h1-2,5-6,9,12,19,26-27H,3-4,7-8,10-11,13-14H2/t19-/m1/s1. The summed E-state index contributed by atoms with van der Waals surface area (Å²) in [5, 5.41) is 19.6. The number of piperidine rings is 1. The molecule has 1 saturated heterocycles. The van der Waals surface area contributed by atoms with Gasteiger partial charge in [-0.3, -0.25) is 4.98 Å². The highest BCUT2D eigenvalue weighted by atomic mass is 35.5. The Bertz CT molecular complexity index is 855. The molecule has 27 heavy (non-hydrogen) atoms. The molecule has 2 aromatic rings. The molecule has 0 bridgehead atoms. The first-order valence-corrected chi connectivity index (χ1v) is 10.00. The fourth-order valence-electron chi connectivity index (χ4n) is 4.24. The van der Waals surface area contributed by atoms with Gasteiger partial charge >= 0.3 is 0 Å². The maximum atomic E-state index is 9.72. The number of likely N-dealkylation sites (tertiary alicyclic amines) is 1. The van der Waals surface area contributed by atoms with Crippen molar-refractivity contribution >= 4 is 17.2 Å². The van der Waals surface area contributed by atoms with E-state index in [2.05, 4.69) is 23.1 Å². The van der Waals surface area contributed by atoms with E-state index in [-0.39, 0.29) is 6.61 Å². The predicted molar refractivity (Wildman–Crippen MR) is 108 cm³/mol. The zero-order valence-electron chi connectivity index (χ0n) is 15.4. The Kier molecular flexibility index (Phi) is 5.60. The molecular weight excluding hydrogens is 360 g/mol. The van der Waals surface area contributed by atoms with E-state index >= 15 is 0 Å². The summed E-state index contributed by atoms with van der Waals surface area (Å²) in [6.07, 6.45) is 5.06. The van der Waals surface area contributed by atoms with Crippen LogP contribution >= 0.6 is 11.6 Å². The highest BCUT2D eigenvalue weighted by Gasteiger charge is 2.25. The molecule has 4 nitrogen and oxygen atoms in total. The number of nitrogens with zero attached hydrogens (tertiary/aromatic N) is 2. The van der Waals surface area contributed by atoms with Crippen molar-refractivity contribution in [2.45, 2.75) is 31.8 Å². The number of halogens is 1. The first kappa shape index (κ1) is 18.6. The molecule has 0 amide bonds. The average Bonchev–Trinajstić information content (AvgIpc) is 2.85. The van der Waals surface area contributed by atoms with Crippen LogP contribution in [0.4, 0.5) is 0 Å². The van der Waals surface area contributed by atoms with E-state index in [4.69, 9.17) is 21.7 Å². The number of rotatable bonds is 3. The zero-order valence-corrected chi connectivity index (χ0v) is 16.1. The van der Waals surface area contributed by atoms with Crippen LogP contribution in [0.15, 0.2) is 42.1 Å². The Morgan fingerprint density at radius 3 is 2.63 bits per heavy atom. The number of hydrogen-bond acceptors (Lipinski definition) is 4. The topological polar surface area (TPSA) is 56.6 Å². The summed E-state index contributed by atoms with van der Waals surface area (Å²) in [5.74, 6) is 0. The van der Waals surface area contributed by atoms with Crippen LogP contribution in [0, 0.1) is 0 Å². The van der Waals surface area contributed by atoms with E-state index < -0.39 is 6.10 Å². The Morgan fingerprint density at radius 2 is 1.85 bits per heavy atom. The number of β-amino-alcohol motifs (C(OH)–C–C–N with tert-alkyl or cyclic N) is 1. The van der Waals surface area contributed by atoms with Gasteiger partial charge in [0, 0.05) is 36.4 Å². The SMILES string of the molecule is OC[C@H](O)CN1CCC(=C2c3ccc(Cl)cc3CCc3cccnc32)CC1. The van der Waals surface area contributed by atoms with Gasteiger partial charge in [-0.1, -0.05) is 29.3 Å². The monoisotopic (exact) mass is 384 g/mol. The summed E-state index contributed by atoms with van der Waals surface area (Å²) < 4.78 is 0. The van der Waals surface area contributed by atoms with Gasteiger partial charge in [0.25, 0.3) is 0 Å². The number of aliphatic hydroxyl groups is 2. The van der Waals surface area contributed by atoms with Crippen molar-refractivity contribution in [2.24, 2.45) is 0 Å². The van der Waals surface area contributed by atoms with Crippen molar-refractivity contribution in [3.8, 4) is 0 Å². The number of aromatic nitrogens is 1. The lowest BCUT2D eigenvalue weighted by molar-refractivity contribution is 0.0568. The van der Waals surface area contributed by atoms with Crippen LogP contribution in [0.5, 0.6) is 0 Å². The molecule has 0 unspecified atom stereocenters. The number of aliphatic hydroxyl groups excluding tert-OH is 2. The summed E-state index contributed by atoms with van der Waals surface area (Å²) in [7, 11) is 0. The summed E-state index contributed by atoms with van der Waals surface area (Å²) in [6.45, 7) is 2.12. The third-order valence-electron chi connectivity index (χ3n) is 5.62. The van der Waals surface area contributed by atoms with Gasteiger partial charge in [0.15, 0.2) is 0 Å². The second kappa shape index (κ2) is 8.11. The summed E-state index contributed by atoms with van der Waals surface area (Å²) in [6, 6.07) is 10.4. The molecule has 2 heterocycles. The van der Waals surface area contributed by atoms with Crippen LogP contribution in [0.1, 0.15) is 35.2 Å². The highest BCUT2D eigenvalue weighted by molar-refractivity contribution is 6.30. The zero-order chi connectivity index (χ0) is 18.8. The molecule has 0 spiro atoms. The molecule has 1 aliphatic carbocycles. The first-order valence-electron chi connectivity index (χ1n) is 9.62. The third kappa shape index (κ3) is 3.94. The van der Waals surface area contributed by atoms with E-state index in [1.165, 1.54) is 27.8 Å². The van der Waals surface area contributed by atoms with Gasteiger partial charge in [-0.25, -0.2) is 0 Å². The van der Waals surface area contributed by atoms with Crippen LogP contribution in [0.25, 0.3) is 5.57 Å². The third-order valence-corrected chi connectivity index (χ3v) is 5.86.